The van der Waals surface area contributed by atoms with E-state index in [1.54, 1.807) is 12.1 Å². The van der Waals surface area contributed by atoms with Crippen LogP contribution in [0.2, 0.25) is 0 Å². The van der Waals surface area contributed by atoms with Crippen LogP contribution in [0.3, 0.4) is 0 Å². The van der Waals surface area contributed by atoms with Crippen molar-refractivity contribution in [2.24, 2.45) is 5.92 Å². The summed E-state index contributed by atoms with van der Waals surface area (Å²) in [6.45, 7) is 0.660. The van der Waals surface area contributed by atoms with E-state index in [4.69, 9.17) is 9.84 Å². The highest BCUT2D eigenvalue weighted by molar-refractivity contribution is 7.18. The highest BCUT2D eigenvalue weighted by atomic mass is 32.1. The van der Waals surface area contributed by atoms with Crippen molar-refractivity contribution in [3.63, 3.8) is 0 Å². The van der Waals surface area contributed by atoms with E-state index in [9.17, 15) is 4.79 Å². The maximum Gasteiger partial charge on any atom is 0.341 e. The zero-order valence-corrected chi connectivity index (χ0v) is 15.0. The second-order valence-electron chi connectivity index (χ2n) is 6.67. The second-order valence-corrected chi connectivity index (χ2v) is 7.65. The van der Waals surface area contributed by atoms with Crippen LogP contribution in [0.25, 0.3) is 10.6 Å². The van der Waals surface area contributed by atoms with Crippen LogP contribution in [0.15, 0.2) is 24.3 Å². The smallest absolute Gasteiger partial charge is 0.341 e. The number of carboxylic acids is 1. The zero-order valence-electron chi connectivity index (χ0n) is 14.1. The van der Waals surface area contributed by atoms with E-state index < -0.39 is 5.97 Å². The van der Waals surface area contributed by atoms with Crippen LogP contribution in [0, 0.1) is 5.92 Å². The summed E-state index contributed by atoms with van der Waals surface area (Å²) in [5, 5.41) is 22.4. The minimum atomic E-state index is -1.000. The summed E-state index contributed by atoms with van der Waals surface area (Å²) in [6.07, 6.45) is 3.39. The van der Waals surface area contributed by atoms with Crippen LogP contribution >= 0.6 is 11.3 Å². The maximum absolute atomic E-state index is 10.6. The molecule has 0 amide bonds. The molecule has 1 aliphatic heterocycles. The lowest BCUT2D eigenvalue weighted by Crippen LogP contribution is -2.39. The average Bonchev–Trinajstić information content (AvgIpc) is 3.29. The Labute approximate surface area is 154 Å². The quantitative estimate of drug-likeness (QED) is 0.604. The van der Waals surface area contributed by atoms with Crippen molar-refractivity contribution in [2.45, 2.75) is 31.3 Å². The molecule has 3 unspecified atom stereocenters. The van der Waals surface area contributed by atoms with Gasteiger partial charge in [-0.15, -0.1) is 10.2 Å². The lowest BCUT2D eigenvalue weighted by Gasteiger charge is -2.30. The normalized spacial score (nSPS) is 24.8. The third-order valence-electron chi connectivity index (χ3n) is 4.83. The van der Waals surface area contributed by atoms with E-state index in [1.165, 1.54) is 11.3 Å². The van der Waals surface area contributed by atoms with Gasteiger partial charge in [0, 0.05) is 24.2 Å². The van der Waals surface area contributed by atoms with Crippen LogP contribution < -0.4 is 20.9 Å². The molecule has 2 aliphatic rings. The highest BCUT2D eigenvalue weighted by Crippen LogP contribution is 2.32. The highest BCUT2D eigenvalue weighted by Gasteiger charge is 2.33. The number of hydrogen-bond donors (Lipinski definition) is 4. The first kappa shape index (κ1) is 17.2. The summed E-state index contributed by atoms with van der Waals surface area (Å²) in [4.78, 5) is 10.6. The zero-order chi connectivity index (χ0) is 17.9. The van der Waals surface area contributed by atoms with Crippen molar-refractivity contribution < 1.29 is 14.6 Å². The Morgan fingerprint density at radius 2 is 2.31 bits per heavy atom. The number of aromatic nitrogens is 2. The molecule has 0 radical (unpaired) electrons. The fourth-order valence-electron chi connectivity index (χ4n) is 3.57. The van der Waals surface area contributed by atoms with Gasteiger partial charge in [0.15, 0.2) is 6.61 Å². The van der Waals surface area contributed by atoms with Crippen molar-refractivity contribution in [3.8, 4) is 16.3 Å². The van der Waals surface area contributed by atoms with Gasteiger partial charge < -0.3 is 15.2 Å². The van der Waals surface area contributed by atoms with Crippen LogP contribution in [0.5, 0.6) is 5.75 Å². The maximum atomic E-state index is 10.6. The van der Waals surface area contributed by atoms with Gasteiger partial charge in [0.05, 0.1) is 0 Å². The SMILES string of the molecule is O=C(O)COc1cccc(-c2nnc(NC3CCC4NNCC4C3)s2)c1. The van der Waals surface area contributed by atoms with Gasteiger partial charge in [0.2, 0.25) is 5.13 Å². The molecular weight excluding hydrogens is 354 g/mol. The first-order valence-corrected chi connectivity index (χ1v) is 9.52. The van der Waals surface area contributed by atoms with Crippen LogP contribution in [-0.4, -0.2) is 46.5 Å². The Morgan fingerprint density at radius 1 is 1.38 bits per heavy atom. The van der Waals surface area contributed by atoms with Crippen LogP contribution in [0.4, 0.5) is 5.13 Å². The van der Waals surface area contributed by atoms with Gasteiger partial charge in [-0.3, -0.25) is 10.9 Å². The molecule has 0 spiro atoms. The first-order chi connectivity index (χ1) is 12.7. The van der Waals surface area contributed by atoms with Crippen molar-refractivity contribution in [1.29, 1.82) is 0 Å². The summed E-state index contributed by atoms with van der Waals surface area (Å²) in [7, 11) is 0. The molecule has 1 aromatic heterocycles. The molecule has 4 rings (SSSR count). The third-order valence-corrected chi connectivity index (χ3v) is 5.73. The summed E-state index contributed by atoms with van der Waals surface area (Å²) in [5.41, 5.74) is 7.45. The summed E-state index contributed by atoms with van der Waals surface area (Å²) < 4.78 is 5.23. The number of aliphatic carboxylic acids is 1. The van der Waals surface area contributed by atoms with Gasteiger partial charge in [-0.05, 0) is 37.3 Å². The van der Waals surface area contributed by atoms with E-state index in [1.807, 2.05) is 12.1 Å². The minimum absolute atomic E-state index is 0.361. The van der Waals surface area contributed by atoms with Gasteiger partial charge in [-0.25, -0.2) is 4.79 Å². The van der Waals surface area contributed by atoms with Gasteiger partial charge in [-0.1, -0.05) is 23.5 Å². The average molecular weight is 375 g/mol. The van der Waals surface area contributed by atoms with Gasteiger partial charge >= 0.3 is 5.97 Å². The lowest BCUT2D eigenvalue weighted by atomic mass is 9.83. The number of carbonyl (C=O) groups is 1. The number of hydrogen-bond acceptors (Lipinski definition) is 8. The van der Waals surface area contributed by atoms with E-state index in [2.05, 4.69) is 26.4 Å². The fraction of sp³-hybridized carbons (Fsp3) is 0.471. The summed E-state index contributed by atoms with van der Waals surface area (Å²) >= 11 is 1.50. The number of nitrogens with one attached hydrogen (secondary N) is 3. The molecule has 1 aliphatic carbocycles. The van der Waals surface area contributed by atoms with Gasteiger partial charge in [0.1, 0.15) is 10.8 Å². The topological polar surface area (TPSA) is 108 Å². The number of anilines is 1. The molecule has 1 aromatic carbocycles. The molecule has 4 N–H and O–H groups in total. The molecule has 138 valence electrons. The van der Waals surface area contributed by atoms with Gasteiger partial charge in [-0.2, -0.15) is 0 Å². The van der Waals surface area contributed by atoms with E-state index in [0.29, 0.717) is 23.8 Å². The van der Waals surface area contributed by atoms with E-state index >= 15 is 0 Å². The largest absolute Gasteiger partial charge is 0.482 e. The van der Waals surface area contributed by atoms with Crippen LogP contribution in [-0.2, 0) is 4.79 Å². The van der Waals surface area contributed by atoms with Crippen LogP contribution in [0.1, 0.15) is 19.3 Å². The monoisotopic (exact) mass is 375 g/mol. The van der Waals surface area contributed by atoms with E-state index in [-0.39, 0.29) is 6.61 Å². The predicted molar refractivity (Wildman–Crippen MR) is 98.2 cm³/mol. The molecule has 0 bridgehead atoms. The standard InChI is InChI=1S/C17H21N5O3S/c23-15(24)9-25-13-3-1-2-10(7-13)16-21-22-17(26-16)19-12-4-5-14-11(6-12)8-18-20-14/h1-3,7,11-12,14,18,20H,4-6,8-9H2,(H,19,22)(H,23,24). The molecule has 3 atom stereocenters. The predicted octanol–water partition coefficient (Wildman–Crippen LogP) is 1.73. The molecule has 26 heavy (non-hydrogen) atoms. The lowest BCUT2D eigenvalue weighted by molar-refractivity contribution is -0.139. The van der Waals surface area contributed by atoms with Gasteiger partial charge in [0.25, 0.3) is 0 Å². The molecule has 9 heteroatoms. The van der Waals surface area contributed by atoms with Crippen molar-refractivity contribution in [1.82, 2.24) is 21.0 Å². The summed E-state index contributed by atoms with van der Waals surface area (Å²) in [6, 6.07) is 8.26. The first-order valence-electron chi connectivity index (χ1n) is 8.71. The third kappa shape index (κ3) is 3.95. The Hall–Kier alpha value is -2.23. The Morgan fingerprint density at radius 3 is 3.19 bits per heavy atom. The molecule has 1 saturated carbocycles. The van der Waals surface area contributed by atoms with Crippen molar-refractivity contribution >= 4 is 22.4 Å². The number of ether oxygens (including phenoxy) is 1. The van der Waals surface area contributed by atoms with Crippen molar-refractivity contribution in [3.05, 3.63) is 24.3 Å². The number of rotatable bonds is 6. The molecule has 2 aromatic rings. The Balaban J connectivity index is 1.40. The number of hydrazine groups is 1. The molecule has 1 saturated heterocycles. The minimum Gasteiger partial charge on any atom is -0.482 e. The molecular formula is C17H21N5O3S. The number of fused-ring (bicyclic) bond motifs is 1. The van der Waals surface area contributed by atoms with Crippen molar-refractivity contribution in [2.75, 3.05) is 18.5 Å². The molecule has 2 heterocycles. The number of carboxylic acid groups (broad SMARTS) is 1. The molecule has 2 fully saturated rings. The fourth-order valence-corrected chi connectivity index (χ4v) is 4.39. The summed E-state index contributed by atoms with van der Waals surface area (Å²) in [5.74, 6) is 0.172. The number of benzene rings is 1. The Kier molecular flexibility index (Phi) is 5.00. The van der Waals surface area contributed by atoms with E-state index in [0.717, 1.165) is 41.5 Å². The molecule has 8 nitrogen and oxygen atoms in total. The Bertz CT molecular complexity index is 783. The second kappa shape index (κ2) is 7.56. The number of nitrogens with zero attached hydrogens (tertiary/aromatic N) is 2.